The third-order valence-corrected chi connectivity index (χ3v) is 5.01. The van der Waals surface area contributed by atoms with Crippen LogP contribution in [0.25, 0.3) is 17.1 Å². The van der Waals surface area contributed by atoms with Crippen molar-refractivity contribution in [3.8, 4) is 22.8 Å². The van der Waals surface area contributed by atoms with E-state index in [1.54, 1.807) is 48.7 Å². The highest BCUT2D eigenvalue weighted by atomic mass is 32.1. The first-order valence-corrected chi connectivity index (χ1v) is 10.9. The number of aromatic nitrogens is 3. The molecule has 0 fully saturated rings. The van der Waals surface area contributed by atoms with Crippen LogP contribution in [0.4, 0.5) is 17.6 Å². The molecule has 184 valence electrons. The zero-order valence-electron chi connectivity index (χ0n) is 18.4. The van der Waals surface area contributed by atoms with Crippen molar-refractivity contribution in [3.05, 3.63) is 96.1 Å². The Morgan fingerprint density at radius 2 is 1.75 bits per heavy atom. The molecule has 0 spiro atoms. The molecule has 1 aromatic heterocycles. The number of halogens is 4. The van der Waals surface area contributed by atoms with Crippen LogP contribution >= 0.6 is 12.2 Å². The zero-order chi connectivity index (χ0) is 25.5. The molecule has 4 aromatic rings. The summed E-state index contributed by atoms with van der Waals surface area (Å²) in [7, 11) is 0. The van der Waals surface area contributed by atoms with Crippen molar-refractivity contribution in [1.29, 1.82) is 0 Å². The van der Waals surface area contributed by atoms with Crippen molar-refractivity contribution in [1.82, 2.24) is 25.5 Å². The van der Waals surface area contributed by atoms with E-state index in [2.05, 4.69) is 30.7 Å². The Labute approximate surface area is 208 Å². The fourth-order valence-electron chi connectivity index (χ4n) is 3.06. The Morgan fingerprint density at radius 3 is 2.44 bits per heavy atom. The number of hydrogen-bond donors (Lipinski definition) is 2. The number of thiocarbonyl (C=S) groups is 1. The average Bonchev–Trinajstić information content (AvgIpc) is 3.34. The molecule has 1 heterocycles. The monoisotopic (exact) mass is 514 g/mol. The maximum Gasteiger partial charge on any atom is 0.573 e. The summed E-state index contributed by atoms with van der Waals surface area (Å²) in [6.45, 7) is 0.230. The van der Waals surface area contributed by atoms with Gasteiger partial charge in [-0.3, -0.25) is 5.43 Å². The second-order valence-corrected chi connectivity index (χ2v) is 7.73. The van der Waals surface area contributed by atoms with E-state index in [0.717, 1.165) is 11.1 Å². The van der Waals surface area contributed by atoms with E-state index in [1.165, 1.54) is 41.3 Å². The molecule has 2 N–H and O–H groups in total. The highest BCUT2D eigenvalue weighted by molar-refractivity contribution is 7.80. The Hall–Kier alpha value is -4.32. The van der Waals surface area contributed by atoms with Crippen molar-refractivity contribution < 1.29 is 22.3 Å². The maximum atomic E-state index is 13.6. The molecule has 4 rings (SSSR count). The minimum absolute atomic E-state index is 0.230. The first-order chi connectivity index (χ1) is 17.3. The topological polar surface area (TPSA) is 76.4 Å². The summed E-state index contributed by atoms with van der Waals surface area (Å²) in [4.78, 5) is 4.25. The number of benzene rings is 3. The number of rotatable bonds is 7. The molecule has 0 aliphatic carbocycles. The van der Waals surface area contributed by atoms with Crippen molar-refractivity contribution in [2.24, 2.45) is 5.10 Å². The molecule has 7 nitrogen and oxygen atoms in total. The van der Waals surface area contributed by atoms with Gasteiger partial charge < -0.3 is 10.1 Å². The van der Waals surface area contributed by atoms with E-state index in [9.17, 15) is 17.6 Å². The molecule has 0 amide bonds. The first-order valence-electron chi connectivity index (χ1n) is 10.5. The van der Waals surface area contributed by atoms with Gasteiger partial charge in [0.1, 0.15) is 17.9 Å². The van der Waals surface area contributed by atoms with Gasteiger partial charge in [0.05, 0.1) is 11.9 Å². The summed E-state index contributed by atoms with van der Waals surface area (Å²) in [5, 5.41) is 11.6. The van der Waals surface area contributed by atoms with Crippen molar-refractivity contribution in [2.45, 2.75) is 12.9 Å². The first kappa shape index (κ1) is 24.8. The van der Waals surface area contributed by atoms with Crippen LogP contribution in [0.2, 0.25) is 0 Å². The Bertz CT molecular complexity index is 1350. The second kappa shape index (κ2) is 11.0. The lowest BCUT2D eigenvalue weighted by Crippen LogP contribution is -2.31. The third-order valence-electron chi connectivity index (χ3n) is 4.77. The standard InChI is InChI=1S/C24H18F4N6OS/c25-21-4-2-1-3-18(21)14-29-23(36)32-31-13-16-5-7-17(8-6-16)22-30-15-34(33-22)19-9-11-20(12-10-19)35-24(26,27)28/h1-13,15H,14H2,(H2,29,32,36)/b31-13+. The van der Waals surface area contributed by atoms with Gasteiger partial charge in [0, 0.05) is 17.7 Å². The Balaban J connectivity index is 1.31. The fraction of sp³-hybridized carbons (Fsp3) is 0.0833. The number of hydrazone groups is 1. The molecule has 0 atom stereocenters. The normalized spacial score (nSPS) is 11.4. The summed E-state index contributed by atoms with van der Waals surface area (Å²) in [6.07, 6.45) is -1.72. The summed E-state index contributed by atoms with van der Waals surface area (Å²) in [5.41, 5.74) is 5.20. The molecule has 0 bridgehead atoms. The van der Waals surface area contributed by atoms with Gasteiger partial charge in [0.2, 0.25) is 0 Å². The van der Waals surface area contributed by atoms with Crippen LogP contribution in [0, 0.1) is 5.82 Å². The number of alkyl halides is 3. The second-order valence-electron chi connectivity index (χ2n) is 7.32. The smallest absolute Gasteiger partial charge is 0.406 e. The molecule has 0 unspecified atom stereocenters. The quantitative estimate of drug-likeness (QED) is 0.157. The molecule has 0 radical (unpaired) electrons. The van der Waals surface area contributed by atoms with Gasteiger partial charge >= 0.3 is 6.36 Å². The number of ether oxygens (including phenoxy) is 1. The molecular formula is C24H18F4N6OS. The van der Waals surface area contributed by atoms with Crippen molar-refractivity contribution in [3.63, 3.8) is 0 Å². The lowest BCUT2D eigenvalue weighted by atomic mass is 10.1. The van der Waals surface area contributed by atoms with Crippen LogP contribution in [-0.2, 0) is 6.54 Å². The van der Waals surface area contributed by atoms with E-state index >= 15 is 0 Å². The third kappa shape index (κ3) is 6.85. The van der Waals surface area contributed by atoms with Crippen LogP contribution < -0.4 is 15.5 Å². The Kier molecular flexibility index (Phi) is 7.54. The van der Waals surface area contributed by atoms with Crippen LogP contribution in [-0.4, -0.2) is 32.5 Å². The lowest BCUT2D eigenvalue weighted by Gasteiger charge is -2.09. The van der Waals surface area contributed by atoms with E-state index < -0.39 is 6.36 Å². The van der Waals surface area contributed by atoms with Gasteiger partial charge in [-0.1, -0.05) is 42.5 Å². The van der Waals surface area contributed by atoms with Gasteiger partial charge in [-0.15, -0.1) is 18.3 Å². The number of nitrogens with zero attached hydrogens (tertiary/aromatic N) is 4. The molecule has 0 saturated carbocycles. The predicted molar refractivity (Wildman–Crippen MR) is 130 cm³/mol. The number of nitrogens with one attached hydrogen (secondary N) is 2. The van der Waals surface area contributed by atoms with E-state index in [4.69, 9.17) is 12.2 Å². The van der Waals surface area contributed by atoms with E-state index in [1.807, 2.05) is 0 Å². The largest absolute Gasteiger partial charge is 0.573 e. The lowest BCUT2D eigenvalue weighted by molar-refractivity contribution is -0.274. The zero-order valence-corrected chi connectivity index (χ0v) is 19.2. The minimum atomic E-state index is -4.75. The highest BCUT2D eigenvalue weighted by Crippen LogP contribution is 2.24. The molecule has 12 heteroatoms. The van der Waals surface area contributed by atoms with E-state index in [0.29, 0.717) is 17.1 Å². The summed E-state index contributed by atoms with van der Waals surface area (Å²) in [5.74, 6) is -0.199. The van der Waals surface area contributed by atoms with Gasteiger partial charge in [0.15, 0.2) is 10.9 Å². The summed E-state index contributed by atoms with van der Waals surface area (Å²) in [6, 6.07) is 18.9. The maximum absolute atomic E-state index is 13.6. The summed E-state index contributed by atoms with van der Waals surface area (Å²) >= 11 is 5.14. The minimum Gasteiger partial charge on any atom is -0.406 e. The molecule has 0 saturated heterocycles. The summed E-state index contributed by atoms with van der Waals surface area (Å²) < 4.78 is 55.9. The molecule has 0 aliphatic rings. The van der Waals surface area contributed by atoms with Crippen LogP contribution in [0.1, 0.15) is 11.1 Å². The Morgan fingerprint density at radius 1 is 1.03 bits per heavy atom. The SMILES string of the molecule is Fc1ccccc1CNC(=S)N/N=C/c1ccc(-c2ncn(-c3ccc(OC(F)(F)F)cc3)n2)cc1. The fourth-order valence-corrected chi connectivity index (χ4v) is 3.19. The molecule has 0 aliphatic heterocycles. The van der Waals surface area contributed by atoms with Gasteiger partial charge in [-0.25, -0.2) is 14.1 Å². The van der Waals surface area contributed by atoms with Crippen molar-refractivity contribution >= 4 is 23.5 Å². The highest BCUT2D eigenvalue weighted by Gasteiger charge is 2.31. The molecule has 3 aromatic carbocycles. The molecule has 36 heavy (non-hydrogen) atoms. The van der Waals surface area contributed by atoms with Gasteiger partial charge in [0.25, 0.3) is 0 Å². The number of hydrogen-bond acceptors (Lipinski definition) is 5. The molecular weight excluding hydrogens is 496 g/mol. The van der Waals surface area contributed by atoms with E-state index in [-0.39, 0.29) is 23.2 Å². The predicted octanol–water partition coefficient (Wildman–Crippen LogP) is 4.97. The van der Waals surface area contributed by atoms with Gasteiger partial charge in [-0.05, 0) is 48.1 Å². The van der Waals surface area contributed by atoms with Crippen LogP contribution in [0.3, 0.4) is 0 Å². The van der Waals surface area contributed by atoms with Crippen LogP contribution in [0.5, 0.6) is 5.75 Å². The average molecular weight is 515 g/mol. The van der Waals surface area contributed by atoms with Crippen LogP contribution in [0.15, 0.2) is 84.2 Å². The van der Waals surface area contributed by atoms with Crippen molar-refractivity contribution in [2.75, 3.05) is 0 Å². The van der Waals surface area contributed by atoms with Gasteiger partial charge in [-0.2, -0.15) is 5.10 Å².